The number of benzene rings is 2. The number of aliphatic carboxylic acids is 1. The molecule has 2 aromatic rings. The summed E-state index contributed by atoms with van der Waals surface area (Å²) in [5, 5.41) is 11.5. The van der Waals surface area contributed by atoms with Crippen molar-refractivity contribution in [2.24, 2.45) is 0 Å². The molecule has 0 atom stereocenters. The van der Waals surface area contributed by atoms with Crippen molar-refractivity contribution >= 4 is 39.6 Å². The minimum atomic E-state index is -1.05. The Kier molecular flexibility index (Phi) is 7.88. The van der Waals surface area contributed by atoms with Gasteiger partial charge in [-0.1, -0.05) is 12.1 Å². The van der Waals surface area contributed by atoms with Crippen molar-refractivity contribution < 1.29 is 28.9 Å². The number of carbonyl (C=O) groups excluding carboxylic acids is 1. The van der Waals surface area contributed by atoms with Crippen LogP contribution in [-0.4, -0.2) is 37.3 Å². The molecule has 2 rings (SSSR count). The first kappa shape index (κ1) is 21.3. The van der Waals surface area contributed by atoms with Crippen LogP contribution in [0.4, 0.5) is 5.69 Å². The Morgan fingerprint density at radius 3 is 2.61 bits per heavy atom. The van der Waals surface area contributed by atoms with Crippen LogP contribution in [0, 0.1) is 0 Å². The molecular formula is C20H20BrNO6. The average Bonchev–Trinajstić information content (AvgIpc) is 2.66. The Morgan fingerprint density at radius 1 is 1.18 bits per heavy atom. The second-order valence-electron chi connectivity index (χ2n) is 5.47. The molecule has 0 aliphatic heterocycles. The van der Waals surface area contributed by atoms with E-state index in [1.54, 1.807) is 36.4 Å². The minimum Gasteiger partial charge on any atom is -0.495 e. The van der Waals surface area contributed by atoms with Crippen molar-refractivity contribution in [2.75, 3.05) is 25.6 Å². The number of rotatable bonds is 9. The van der Waals surface area contributed by atoms with E-state index in [1.807, 2.05) is 6.92 Å². The molecule has 0 spiro atoms. The average molecular weight is 450 g/mol. The Morgan fingerprint density at radius 2 is 1.93 bits per heavy atom. The van der Waals surface area contributed by atoms with Crippen LogP contribution in [0.1, 0.15) is 12.5 Å². The van der Waals surface area contributed by atoms with Gasteiger partial charge in [0.1, 0.15) is 5.75 Å². The monoisotopic (exact) mass is 449 g/mol. The summed E-state index contributed by atoms with van der Waals surface area (Å²) in [6.07, 6.45) is 2.46. The number of hydrogen-bond donors (Lipinski definition) is 2. The summed E-state index contributed by atoms with van der Waals surface area (Å²) in [6, 6.07) is 10.4. The molecule has 0 saturated carbocycles. The third-order valence-electron chi connectivity index (χ3n) is 3.48. The van der Waals surface area contributed by atoms with Crippen molar-refractivity contribution in [3.63, 3.8) is 0 Å². The largest absolute Gasteiger partial charge is 0.495 e. The maximum atomic E-state index is 12.3. The lowest BCUT2D eigenvalue weighted by atomic mass is 10.2. The summed E-state index contributed by atoms with van der Waals surface area (Å²) in [5.41, 5.74) is 1.15. The first-order chi connectivity index (χ1) is 13.4. The summed E-state index contributed by atoms with van der Waals surface area (Å²) in [4.78, 5) is 23.0. The molecule has 8 heteroatoms. The lowest BCUT2D eigenvalue weighted by Gasteiger charge is -2.15. The predicted octanol–water partition coefficient (Wildman–Crippen LogP) is 3.97. The highest BCUT2D eigenvalue weighted by Gasteiger charge is 2.14. The molecule has 0 unspecified atom stereocenters. The highest BCUT2D eigenvalue weighted by molar-refractivity contribution is 9.10. The quantitative estimate of drug-likeness (QED) is 0.562. The smallest absolute Gasteiger partial charge is 0.328 e. The van der Waals surface area contributed by atoms with Gasteiger partial charge in [0.25, 0.3) is 5.91 Å². The number of para-hydroxylation sites is 2. The van der Waals surface area contributed by atoms with Crippen molar-refractivity contribution in [3.8, 4) is 17.2 Å². The number of carboxylic acids is 1. The Labute approximate surface area is 171 Å². The fourth-order valence-corrected chi connectivity index (χ4v) is 2.90. The van der Waals surface area contributed by atoms with Crippen LogP contribution >= 0.6 is 15.9 Å². The molecule has 0 saturated heterocycles. The van der Waals surface area contributed by atoms with Gasteiger partial charge in [-0.2, -0.15) is 0 Å². The van der Waals surface area contributed by atoms with E-state index in [0.29, 0.717) is 39.6 Å². The van der Waals surface area contributed by atoms with Gasteiger partial charge in [0.05, 0.1) is 23.9 Å². The van der Waals surface area contributed by atoms with Crippen LogP contribution in [0.3, 0.4) is 0 Å². The molecule has 0 bridgehead atoms. The van der Waals surface area contributed by atoms with E-state index in [2.05, 4.69) is 21.2 Å². The van der Waals surface area contributed by atoms with Crippen molar-refractivity contribution in [2.45, 2.75) is 6.92 Å². The van der Waals surface area contributed by atoms with Gasteiger partial charge in [0.2, 0.25) is 0 Å². The number of carbonyl (C=O) groups is 2. The first-order valence-corrected chi connectivity index (χ1v) is 9.17. The van der Waals surface area contributed by atoms with Gasteiger partial charge in [0.15, 0.2) is 18.1 Å². The zero-order valence-corrected chi connectivity index (χ0v) is 17.0. The highest BCUT2D eigenvalue weighted by Crippen LogP contribution is 2.37. The molecular weight excluding hydrogens is 430 g/mol. The maximum Gasteiger partial charge on any atom is 0.328 e. The molecule has 0 radical (unpaired) electrons. The van der Waals surface area contributed by atoms with E-state index in [9.17, 15) is 9.59 Å². The third kappa shape index (κ3) is 6.02. The zero-order valence-electron chi connectivity index (χ0n) is 15.4. The fraction of sp³-hybridized carbons (Fsp3) is 0.200. The Hall–Kier alpha value is -3.00. The summed E-state index contributed by atoms with van der Waals surface area (Å²) < 4.78 is 16.9. The fourth-order valence-electron chi connectivity index (χ4n) is 2.33. The first-order valence-electron chi connectivity index (χ1n) is 8.37. The normalized spacial score (nSPS) is 10.5. The lowest BCUT2D eigenvalue weighted by Crippen LogP contribution is -2.21. The van der Waals surface area contributed by atoms with Crippen molar-refractivity contribution in [1.82, 2.24) is 0 Å². The lowest BCUT2D eigenvalue weighted by molar-refractivity contribution is -0.131. The number of hydrogen-bond acceptors (Lipinski definition) is 5. The van der Waals surface area contributed by atoms with Gasteiger partial charge in [-0.05, 0) is 58.8 Å². The van der Waals surface area contributed by atoms with Gasteiger partial charge >= 0.3 is 5.97 Å². The SMILES string of the molecule is CCOc1cc(C=CC(=O)O)cc(Br)c1OCC(=O)Nc1ccccc1OC. The van der Waals surface area contributed by atoms with E-state index < -0.39 is 5.97 Å². The molecule has 0 aliphatic carbocycles. The molecule has 148 valence electrons. The van der Waals surface area contributed by atoms with E-state index in [0.717, 1.165) is 6.08 Å². The molecule has 28 heavy (non-hydrogen) atoms. The summed E-state index contributed by atoms with van der Waals surface area (Å²) in [5.74, 6) is -0.130. The van der Waals surface area contributed by atoms with E-state index in [4.69, 9.17) is 19.3 Å². The molecule has 2 aromatic carbocycles. The van der Waals surface area contributed by atoms with Crippen LogP contribution in [0.25, 0.3) is 6.08 Å². The van der Waals surface area contributed by atoms with E-state index in [1.165, 1.54) is 13.2 Å². The number of nitrogens with one attached hydrogen (secondary N) is 1. The van der Waals surface area contributed by atoms with Crippen LogP contribution in [0.15, 0.2) is 46.9 Å². The number of methoxy groups -OCH3 is 1. The van der Waals surface area contributed by atoms with Crippen molar-refractivity contribution in [1.29, 1.82) is 0 Å². The van der Waals surface area contributed by atoms with Gasteiger partial charge in [-0.3, -0.25) is 4.79 Å². The molecule has 0 aromatic heterocycles. The molecule has 1 amide bonds. The second kappa shape index (κ2) is 10.4. The Bertz CT molecular complexity index is 881. The zero-order chi connectivity index (χ0) is 20.5. The third-order valence-corrected chi connectivity index (χ3v) is 4.07. The van der Waals surface area contributed by atoms with Crippen LogP contribution in [0.5, 0.6) is 17.2 Å². The van der Waals surface area contributed by atoms with Gasteiger partial charge in [-0.15, -0.1) is 0 Å². The van der Waals surface area contributed by atoms with Gasteiger partial charge in [-0.25, -0.2) is 4.79 Å². The number of halogens is 1. The number of amides is 1. The van der Waals surface area contributed by atoms with Crippen LogP contribution in [-0.2, 0) is 9.59 Å². The van der Waals surface area contributed by atoms with E-state index >= 15 is 0 Å². The standard InChI is InChI=1S/C20H20BrNO6/c1-3-27-17-11-13(8-9-19(24)25)10-14(21)20(17)28-12-18(23)22-15-6-4-5-7-16(15)26-2/h4-11H,3,12H2,1-2H3,(H,22,23)(H,24,25). The molecule has 0 fully saturated rings. The number of anilines is 1. The molecule has 2 N–H and O–H groups in total. The van der Waals surface area contributed by atoms with Gasteiger partial charge < -0.3 is 24.6 Å². The Balaban J connectivity index is 2.13. The summed E-state index contributed by atoms with van der Waals surface area (Å²) >= 11 is 3.38. The summed E-state index contributed by atoms with van der Waals surface area (Å²) in [6.45, 7) is 1.94. The summed E-state index contributed by atoms with van der Waals surface area (Å²) in [7, 11) is 1.52. The van der Waals surface area contributed by atoms with Crippen LogP contribution in [0.2, 0.25) is 0 Å². The second-order valence-corrected chi connectivity index (χ2v) is 6.33. The molecule has 0 heterocycles. The topological polar surface area (TPSA) is 94.1 Å². The van der Waals surface area contributed by atoms with Crippen molar-refractivity contribution in [3.05, 3.63) is 52.5 Å². The van der Waals surface area contributed by atoms with Gasteiger partial charge in [0, 0.05) is 6.08 Å². The highest BCUT2D eigenvalue weighted by atomic mass is 79.9. The van der Waals surface area contributed by atoms with Crippen LogP contribution < -0.4 is 19.5 Å². The predicted molar refractivity (Wildman–Crippen MR) is 109 cm³/mol. The number of carboxylic acid groups (broad SMARTS) is 1. The maximum absolute atomic E-state index is 12.3. The molecule has 7 nitrogen and oxygen atoms in total. The molecule has 0 aliphatic rings. The number of ether oxygens (including phenoxy) is 3. The minimum absolute atomic E-state index is 0.249. The van der Waals surface area contributed by atoms with E-state index in [-0.39, 0.29) is 12.5 Å².